The zero-order chi connectivity index (χ0) is 18.3. The van der Waals surface area contributed by atoms with Crippen molar-refractivity contribution in [1.29, 1.82) is 0 Å². The fourth-order valence-electron chi connectivity index (χ4n) is 3.30. The Hall–Kier alpha value is -2.40. The van der Waals surface area contributed by atoms with E-state index in [1.165, 1.54) is 16.8 Å². The zero-order valence-electron chi connectivity index (χ0n) is 15.3. The van der Waals surface area contributed by atoms with E-state index in [9.17, 15) is 4.79 Å². The van der Waals surface area contributed by atoms with E-state index in [0.717, 1.165) is 17.0 Å². The van der Waals surface area contributed by atoms with Crippen LogP contribution in [0, 0.1) is 27.7 Å². The van der Waals surface area contributed by atoms with E-state index in [-0.39, 0.29) is 5.91 Å². The molecule has 0 bridgehead atoms. The number of amides is 1. The lowest BCUT2D eigenvalue weighted by Crippen LogP contribution is -2.30. The van der Waals surface area contributed by atoms with Gasteiger partial charge < -0.3 is 9.88 Å². The first-order valence-corrected chi connectivity index (χ1v) is 8.86. The summed E-state index contributed by atoms with van der Waals surface area (Å²) in [5.74, 6) is -0.0657. The van der Waals surface area contributed by atoms with Gasteiger partial charge in [-0.25, -0.2) is 0 Å². The fraction of sp³-hybridized carbons (Fsp3) is 0.300. The number of hydrogen-bond donors (Lipinski definition) is 1. The molecule has 1 saturated heterocycles. The smallest absolute Gasteiger partial charge is 0.276 e. The van der Waals surface area contributed by atoms with E-state index in [0.29, 0.717) is 17.4 Å². The van der Waals surface area contributed by atoms with Crippen molar-refractivity contribution in [3.63, 3.8) is 0 Å². The average molecular weight is 353 g/mol. The molecule has 1 amide bonds. The summed E-state index contributed by atoms with van der Waals surface area (Å²) in [6, 6.07) is 8.44. The maximum absolute atomic E-state index is 12.4. The van der Waals surface area contributed by atoms with Gasteiger partial charge in [-0.3, -0.25) is 9.69 Å². The van der Waals surface area contributed by atoms with Gasteiger partial charge in [-0.2, -0.15) is 0 Å². The minimum absolute atomic E-state index is 0.0657. The first-order valence-electron chi connectivity index (χ1n) is 8.45. The summed E-state index contributed by atoms with van der Waals surface area (Å²) in [6.07, 6.45) is 1.90. The molecule has 0 unspecified atom stereocenters. The Bertz CT molecular complexity index is 908. The molecule has 1 aliphatic heterocycles. The Morgan fingerprint density at radius 1 is 1.20 bits per heavy atom. The zero-order valence-corrected chi connectivity index (χ0v) is 16.1. The number of carbonyl (C=O) groups excluding carboxylic acids is 1. The fourth-order valence-corrected chi connectivity index (χ4v) is 3.62. The Morgan fingerprint density at radius 2 is 1.92 bits per heavy atom. The van der Waals surface area contributed by atoms with Gasteiger partial charge >= 0.3 is 0 Å². The molecule has 25 heavy (non-hydrogen) atoms. The number of rotatable bonds is 3. The number of nitrogens with one attached hydrogen (secondary N) is 1. The maximum Gasteiger partial charge on any atom is 0.276 e. The first kappa shape index (κ1) is 17.4. The SMILES string of the molecule is CCN1C(=O)/C(=C/c2cc(C)n(-c3cccc(C)c3C)c2C)NC1=S. The van der Waals surface area contributed by atoms with E-state index in [2.05, 4.69) is 61.8 Å². The number of benzene rings is 1. The Balaban J connectivity index is 2.07. The number of nitrogens with zero attached hydrogens (tertiary/aromatic N) is 2. The number of likely N-dealkylation sites (N-methyl/N-ethyl adjacent to an activating group) is 1. The second kappa shape index (κ2) is 6.48. The van der Waals surface area contributed by atoms with Crippen molar-refractivity contribution in [2.24, 2.45) is 0 Å². The van der Waals surface area contributed by atoms with Gasteiger partial charge in [0.1, 0.15) is 5.70 Å². The molecule has 0 spiro atoms. The summed E-state index contributed by atoms with van der Waals surface area (Å²) < 4.78 is 2.24. The lowest BCUT2D eigenvalue weighted by molar-refractivity contribution is -0.122. The minimum Gasteiger partial charge on any atom is -0.328 e. The standard InChI is InChI=1S/C20H23N3OS/c1-6-22-19(24)17(21-20(22)25)11-16-10-13(3)23(15(16)5)18-9-7-8-12(2)14(18)4/h7-11H,6H2,1-5H3,(H,21,25)/b17-11-. The predicted molar refractivity (Wildman–Crippen MR) is 106 cm³/mol. The molecule has 4 nitrogen and oxygen atoms in total. The molecule has 0 aliphatic carbocycles. The highest BCUT2D eigenvalue weighted by Gasteiger charge is 2.29. The third kappa shape index (κ3) is 2.89. The third-order valence-corrected chi connectivity index (χ3v) is 5.19. The van der Waals surface area contributed by atoms with Crippen LogP contribution in [-0.4, -0.2) is 27.0 Å². The van der Waals surface area contributed by atoms with Crippen molar-refractivity contribution in [3.8, 4) is 5.69 Å². The molecule has 2 aromatic rings. The molecule has 1 N–H and O–H groups in total. The van der Waals surface area contributed by atoms with Crippen LogP contribution in [0.5, 0.6) is 0 Å². The van der Waals surface area contributed by atoms with E-state index in [1.807, 2.05) is 13.0 Å². The maximum atomic E-state index is 12.4. The molecule has 5 heteroatoms. The minimum atomic E-state index is -0.0657. The van der Waals surface area contributed by atoms with Crippen molar-refractivity contribution in [1.82, 2.24) is 14.8 Å². The number of carbonyl (C=O) groups is 1. The van der Waals surface area contributed by atoms with Crippen LogP contribution in [0.25, 0.3) is 11.8 Å². The summed E-state index contributed by atoms with van der Waals surface area (Å²) >= 11 is 5.23. The second-order valence-electron chi connectivity index (χ2n) is 6.42. The van der Waals surface area contributed by atoms with Crippen LogP contribution in [0.1, 0.15) is 35.0 Å². The van der Waals surface area contributed by atoms with Gasteiger partial charge in [0.25, 0.3) is 5.91 Å². The average Bonchev–Trinajstić information content (AvgIpc) is 2.99. The van der Waals surface area contributed by atoms with Gasteiger partial charge in [-0.1, -0.05) is 12.1 Å². The number of hydrogen-bond acceptors (Lipinski definition) is 2. The number of aryl methyl sites for hydroxylation is 2. The molecule has 130 valence electrons. The van der Waals surface area contributed by atoms with Crippen LogP contribution < -0.4 is 5.32 Å². The molecule has 1 aromatic carbocycles. The van der Waals surface area contributed by atoms with Crippen LogP contribution >= 0.6 is 12.2 Å². The van der Waals surface area contributed by atoms with Crippen LogP contribution in [0.2, 0.25) is 0 Å². The van der Waals surface area contributed by atoms with E-state index < -0.39 is 0 Å². The van der Waals surface area contributed by atoms with E-state index >= 15 is 0 Å². The topological polar surface area (TPSA) is 37.3 Å². The molecule has 1 aromatic heterocycles. The monoisotopic (exact) mass is 353 g/mol. The van der Waals surface area contributed by atoms with Gasteiger partial charge in [0, 0.05) is 23.6 Å². The van der Waals surface area contributed by atoms with Crippen molar-refractivity contribution in [2.45, 2.75) is 34.6 Å². The Labute approximate surface area is 154 Å². The van der Waals surface area contributed by atoms with Crippen LogP contribution in [0.15, 0.2) is 30.0 Å². The molecular weight excluding hydrogens is 330 g/mol. The van der Waals surface area contributed by atoms with Crippen molar-refractivity contribution in [3.05, 3.63) is 58.0 Å². The van der Waals surface area contributed by atoms with Crippen molar-refractivity contribution < 1.29 is 4.79 Å². The lowest BCUT2D eigenvalue weighted by atomic mass is 10.1. The molecule has 1 fully saturated rings. The summed E-state index contributed by atoms with van der Waals surface area (Å²) in [7, 11) is 0. The summed E-state index contributed by atoms with van der Waals surface area (Å²) in [4.78, 5) is 14.0. The molecule has 0 atom stereocenters. The lowest BCUT2D eigenvalue weighted by Gasteiger charge is -2.14. The quantitative estimate of drug-likeness (QED) is 0.674. The van der Waals surface area contributed by atoms with Crippen LogP contribution in [0.3, 0.4) is 0 Å². The second-order valence-corrected chi connectivity index (χ2v) is 6.81. The summed E-state index contributed by atoms with van der Waals surface area (Å²) in [5, 5.41) is 3.50. The molecule has 0 radical (unpaired) electrons. The highest BCUT2D eigenvalue weighted by molar-refractivity contribution is 7.80. The van der Waals surface area contributed by atoms with Gasteiger partial charge in [0.15, 0.2) is 5.11 Å². The molecule has 0 saturated carbocycles. The van der Waals surface area contributed by atoms with E-state index in [1.54, 1.807) is 4.90 Å². The third-order valence-electron chi connectivity index (χ3n) is 4.87. The van der Waals surface area contributed by atoms with Crippen molar-refractivity contribution in [2.75, 3.05) is 6.54 Å². The largest absolute Gasteiger partial charge is 0.328 e. The van der Waals surface area contributed by atoms with Gasteiger partial charge in [-0.15, -0.1) is 0 Å². The predicted octanol–water partition coefficient (Wildman–Crippen LogP) is 3.79. The highest BCUT2D eigenvalue weighted by atomic mass is 32.1. The van der Waals surface area contributed by atoms with E-state index in [4.69, 9.17) is 12.2 Å². The summed E-state index contributed by atoms with van der Waals surface area (Å²) in [5.41, 5.74) is 7.50. The van der Waals surface area contributed by atoms with Gasteiger partial charge in [0.05, 0.1) is 0 Å². The Morgan fingerprint density at radius 3 is 2.56 bits per heavy atom. The van der Waals surface area contributed by atoms with Crippen molar-refractivity contribution >= 4 is 29.3 Å². The molecule has 3 rings (SSSR count). The highest BCUT2D eigenvalue weighted by Crippen LogP contribution is 2.26. The Kier molecular flexibility index (Phi) is 4.52. The number of aromatic nitrogens is 1. The molecular formula is C20H23N3OS. The van der Waals surface area contributed by atoms with Gasteiger partial charge in [-0.05, 0) is 81.7 Å². The first-order chi connectivity index (χ1) is 11.8. The van der Waals surface area contributed by atoms with Crippen LogP contribution in [-0.2, 0) is 4.79 Å². The molecule has 1 aliphatic rings. The molecule has 2 heterocycles. The van der Waals surface area contributed by atoms with Crippen LogP contribution in [0.4, 0.5) is 0 Å². The van der Waals surface area contributed by atoms with Gasteiger partial charge in [0.2, 0.25) is 0 Å². The normalized spacial score (nSPS) is 16.0. The summed E-state index contributed by atoms with van der Waals surface area (Å²) in [6.45, 7) is 10.9. The number of thiocarbonyl (C=S) groups is 1.